The van der Waals surface area contributed by atoms with Gasteiger partial charge in [0.1, 0.15) is 0 Å². The third kappa shape index (κ3) is 4.18. The molecule has 0 unspecified atom stereocenters. The number of nitrogens with zero attached hydrogens (tertiary/aromatic N) is 2. The zero-order chi connectivity index (χ0) is 16.3. The van der Waals surface area contributed by atoms with Crippen LogP contribution in [0.4, 0.5) is 0 Å². The van der Waals surface area contributed by atoms with Crippen molar-refractivity contribution in [2.24, 2.45) is 0 Å². The second-order valence-corrected chi connectivity index (χ2v) is 8.39. The first-order chi connectivity index (χ1) is 10.3. The second kappa shape index (κ2) is 7.25. The third-order valence-corrected chi connectivity index (χ3v) is 6.41. The smallest absolute Gasteiger partial charge is 0.240 e. The molecule has 0 bridgehead atoms. The number of sulfonamides is 1. The molecule has 8 heteroatoms. The Hall–Kier alpha value is -0.700. The molecular formula is C14H17Br2N3O2S. The van der Waals surface area contributed by atoms with E-state index < -0.39 is 10.0 Å². The Kier molecular flexibility index (Phi) is 5.81. The van der Waals surface area contributed by atoms with Gasteiger partial charge in [0, 0.05) is 23.3 Å². The number of nitrogens with one attached hydrogen (secondary N) is 1. The second-order valence-electron chi connectivity index (χ2n) is 4.91. The van der Waals surface area contributed by atoms with Crippen molar-refractivity contribution in [3.05, 3.63) is 44.6 Å². The number of hydrogen-bond acceptors (Lipinski definition) is 3. The van der Waals surface area contributed by atoms with E-state index in [4.69, 9.17) is 0 Å². The first kappa shape index (κ1) is 17.7. The fourth-order valence-corrected chi connectivity index (χ4v) is 3.65. The van der Waals surface area contributed by atoms with Gasteiger partial charge in [0.25, 0.3) is 0 Å². The summed E-state index contributed by atoms with van der Waals surface area (Å²) in [5, 5.41) is 4.40. The van der Waals surface area contributed by atoms with Crippen molar-refractivity contribution in [1.82, 2.24) is 14.5 Å². The van der Waals surface area contributed by atoms with Gasteiger partial charge in [-0.25, -0.2) is 13.1 Å². The molecule has 0 radical (unpaired) electrons. The molecule has 120 valence electrons. The number of halogens is 2. The lowest BCUT2D eigenvalue weighted by Crippen LogP contribution is -2.25. The van der Waals surface area contributed by atoms with Crippen molar-refractivity contribution >= 4 is 41.9 Å². The molecule has 0 spiro atoms. The van der Waals surface area contributed by atoms with E-state index in [1.807, 2.05) is 18.5 Å². The summed E-state index contributed by atoms with van der Waals surface area (Å²) in [6, 6.07) is 6.57. The Bertz CT molecular complexity index is 755. The standard InChI is InChI=1S/C14H17Br2N3O2S/c1-10-14(16)11(2)19(18-10)9-3-8-17-22(20,21)13-6-4-12(15)5-7-13/h4-7,17H,3,8-9H2,1-2H3. The van der Waals surface area contributed by atoms with E-state index in [1.165, 1.54) is 0 Å². The Balaban J connectivity index is 1.90. The van der Waals surface area contributed by atoms with Gasteiger partial charge in [0.15, 0.2) is 0 Å². The van der Waals surface area contributed by atoms with E-state index in [1.54, 1.807) is 24.3 Å². The predicted octanol–water partition coefficient (Wildman–Crippen LogP) is 3.39. The number of aryl methyl sites for hydroxylation is 2. The lowest BCUT2D eigenvalue weighted by Gasteiger charge is -2.08. The van der Waals surface area contributed by atoms with E-state index in [9.17, 15) is 8.42 Å². The first-order valence-electron chi connectivity index (χ1n) is 6.76. The van der Waals surface area contributed by atoms with Crippen molar-refractivity contribution in [3.8, 4) is 0 Å². The Morgan fingerprint density at radius 1 is 1.18 bits per heavy atom. The molecule has 0 fully saturated rings. The summed E-state index contributed by atoms with van der Waals surface area (Å²) in [6.07, 6.45) is 0.671. The van der Waals surface area contributed by atoms with Gasteiger partial charge in [-0.15, -0.1) is 0 Å². The molecule has 0 amide bonds. The highest BCUT2D eigenvalue weighted by Gasteiger charge is 2.13. The van der Waals surface area contributed by atoms with Crippen LogP contribution in [-0.4, -0.2) is 24.7 Å². The summed E-state index contributed by atoms with van der Waals surface area (Å²) in [6.45, 7) is 4.95. The summed E-state index contributed by atoms with van der Waals surface area (Å²) >= 11 is 6.77. The average molecular weight is 451 g/mol. The summed E-state index contributed by atoms with van der Waals surface area (Å²) < 4.78 is 30.6. The van der Waals surface area contributed by atoms with Crippen LogP contribution in [-0.2, 0) is 16.6 Å². The molecule has 22 heavy (non-hydrogen) atoms. The Morgan fingerprint density at radius 2 is 1.82 bits per heavy atom. The molecule has 0 saturated carbocycles. The van der Waals surface area contributed by atoms with E-state index in [0.29, 0.717) is 19.5 Å². The van der Waals surface area contributed by atoms with Crippen LogP contribution in [0.15, 0.2) is 38.1 Å². The van der Waals surface area contributed by atoms with Crippen molar-refractivity contribution in [2.75, 3.05) is 6.54 Å². The van der Waals surface area contributed by atoms with Crippen LogP contribution in [0.1, 0.15) is 17.8 Å². The van der Waals surface area contributed by atoms with Gasteiger partial charge in [0.2, 0.25) is 10.0 Å². The minimum absolute atomic E-state index is 0.268. The van der Waals surface area contributed by atoms with Crippen LogP contribution in [0, 0.1) is 13.8 Å². The van der Waals surface area contributed by atoms with E-state index in [-0.39, 0.29) is 4.90 Å². The maximum atomic E-state index is 12.1. The highest BCUT2D eigenvalue weighted by atomic mass is 79.9. The zero-order valence-electron chi connectivity index (χ0n) is 12.3. The first-order valence-corrected chi connectivity index (χ1v) is 9.83. The van der Waals surface area contributed by atoms with Gasteiger partial charge in [-0.3, -0.25) is 4.68 Å². The van der Waals surface area contributed by atoms with E-state index in [0.717, 1.165) is 20.3 Å². The summed E-state index contributed by atoms with van der Waals surface area (Å²) in [7, 11) is -3.45. The lowest BCUT2D eigenvalue weighted by atomic mass is 10.4. The Labute approximate surface area is 147 Å². The van der Waals surface area contributed by atoms with Crippen LogP contribution in [0.5, 0.6) is 0 Å². The quantitative estimate of drug-likeness (QED) is 0.686. The largest absolute Gasteiger partial charge is 0.268 e. The molecule has 0 aliphatic rings. The molecule has 1 aromatic carbocycles. The highest BCUT2D eigenvalue weighted by Crippen LogP contribution is 2.19. The molecule has 1 N–H and O–H groups in total. The highest BCUT2D eigenvalue weighted by molar-refractivity contribution is 9.10. The average Bonchev–Trinajstić information content (AvgIpc) is 2.71. The molecular weight excluding hydrogens is 434 g/mol. The molecule has 1 heterocycles. The zero-order valence-corrected chi connectivity index (χ0v) is 16.3. The SMILES string of the molecule is Cc1nn(CCCNS(=O)(=O)c2ccc(Br)cc2)c(C)c1Br. The van der Waals surface area contributed by atoms with E-state index >= 15 is 0 Å². The summed E-state index contributed by atoms with van der Waals surface area (Å²) in [5.74, 6) is 0. The third-order valence-electron chi connectivity index (χ3n) is 3.26. The molecule has 0 aliphatic carbocycles. The minimum atomic E-state index is -3.45. The fourth-order valence-electron chi connectivity index (χ4n) is 2.03. The molecule has 0 saturated heterocycles. The van der Waals surface area contributed by atoms with Gasteiger partial charge < -0.3 is 0 Å². The van der Waals surface area contributed by atoms with Crippen LogP contribution >= 0.6 is 31.9 Å². The summed E-state index contributed by atoms with van der Waals surface area (Å²) in [4.78, 5) is 0.268. The minimum Gasteiger partial charge on any atom is -0.268 e. The maximum absolute atomic E-state index is 12.1. The monoisotopic (exact) mass is 449 g/mol. The van der Waals surface area contributed by atoms with Crippen LogP contribution in [0.2, 0.25) is 0 Å². The van der Waals surface area contributed by atoms with Gasteiger partial charge >= 0.3 is 0 Å². The van der Waals surface area contributed by atoms with Crippen LogP contribution < -0.4 is 4.72 Å². The van der Waals surface area contributed by atoms with Gasteiger partial charge in [-0.1, -0.05) is 15.9 Å². The molecule has 5 nitrogen and oxygen atoms in total. The number of aromatic nitrogens is 2. The predicted molar refractivity (Wildman–Crippen MR) is 93.3 cm³/mol. The lowest BCUT2D eigenvalue weighted by molar-refractivity contribution is 0.544. The van der Waals surface area contributed by atoms with E-state index in [2.05, 4.69) is 41.7 Å². The van der Waals surface area contributed by atoms with Crippen molar-refractivity contribution in [3.63, 3.8) is 0 Å². The van der Waals surface area contributed by atoms with Gasteiger partial charge in [-0.2, -0.15) is 5.10 Å². The van der Waals surface area contributed by atoms with Crippen molar-refractivity contribution < 1.29 is 8.42 Å². The normalized spacial score (nSPS) is 11.8. The van der Waals surface area contributed by atoms with Crippen LogP contribution in [0.3, 0.4) is 0 Å². The number of rotatable bonds is 6. The van der Waals surface area contributed by atoms with Gasteiger partial charge in [0.05, 0.1) is 15.1 Å². The number of hydrogen-bond donors (Lipinski definition) is 1. The van der Waals surface area contributed by atoms with Gasteiger partial charge in [-0.05, 0) is 60.5 Å². The van der Waals surface area contributed by atoms with Crippen LogP contribution in [0.25, 0.3) is 0 Å². The maximum Gasteiger partial charge on any atom is 0.240 e. The molecule has 1 aromatic heterocycles. The fraction of sp³-hybridized carbons (Fsp3) is 0.357. The molecule has 2 aromatic rings. The molecule has 0 aliphatic heterocycles. The Morgan fingerprint density at radius 3 is 2.36 bits per heavy atom. The molecule has 0 atom stereocenters. The number of benzene rings is 1. The van der Waals surface area contributed by atoms with Crippen molar-refractivity contribution in [1.29, 1.82) is 0 Å². The topological polar surface area (TPSA) is 64.0 Å². The molecule has 2 rings (SSSR count). The van der Waals surface area contributed by atoms with Crippen molar-refractivity contribution in [2.45, 2.75) is 31.7 Å². The summed E-state index contributed by atoms with van der Waals surface area (Å²) in [5.41, 5.74) is 1.99.